The summed E-state index contributed by atoms with van der Waals surface area (Å²) >= 11 is 0. The van der Waals surface area contributed by atoms with Gasteiger partial charge in [-0.1, -0.05) is 25.5 Å². The molecule has 0 unspecified atom stereocenters. The number of hydrogen-bond acceptors (Lipinski definition) is 4. The number of carbonyl (C=O) groups excluding carboxylic acids is 3. The highest BCUT2D eigenvalue weighted by molar-refractivity contribution is 6.22. The number of imide groups is 1. The Kier molecular flexibility index (Phi) is 5.66. The van der Waals surface area contributed by atoms with Crippen LogP contribution in [0, 0.1) is 0 Å². The minimum Gasteiger partial charge on any atom is -0.380 e. The number of amides is 3. The van der Waals surface area contributed by atoms with Crippen LogP contribution >= 0.6 is 0 Å². The number of nitrogens with one attached hydrogen (secondary N) is 1. The number of rotatable bonds is 7. The van der Waals surface area contributed by atoms with Gasteiger partial charge in [0.15, 0.2) is 0 Å². The molecule has 1 aliphatic rings. The fraction of sp³-hybridized carbons (Fsp3) is 0.286. The maximum Gasteiger partial charge on any atom is 0.261 e. The maximum absolute atomic E-state index is 12.6. The third-order valence-corrected chi connectivity index (χ3v) is 4.46. The van der Waals surface area contributed by atoms with Crippen LogP contribution in [0.2, 0.25) is 0 Å². The van der Waals surface area contributed by atoms with Gasteiger partial charge in [-0.05, 0) is 42.3 Å². The van der Waals surface area contributed by atoms with Gasteiger partial charge >= 0.3 is 0 Å². The minimum atomic E-state index is -0.334. The summed E-state index contributed by atoms with van der Waals surface area (Å²) in [6.07, 6.45) is 1.65. The zero-order valence-electron chi connectivity index (χ0n) is 15.5. The first-order valence-electron chi connectivity index (χ1n) is 8.94. The lowest BCUT2D eigenvalue weighted by Gasteiger charge is -2.12. The van der Waals surface area contributed by atoms with Crippen molar-refractivity contribution >= 4 is 23.4 Å². The first-order chi connectivity index (χ1) is 13.0. The van der Waals surface area contributed by atoms with Crippen LogP contribution in [0.3, 0.4) is 0 Å². The molecular weight excluding hydrogens is 344 g/mol. The van der Waals surface area contributed by atoms with E-state index in [-0.39, 0.29) is 23.3 Å². The summed E-state index contributed by atoms with van der Waals surface area (Å²) in [7, 11) is 1.61. The molecule has 1 aliphatic heterocycles. The average molecular weight is 366 g/mol. The Morgan fingerprint density at radius 3 is 2.59 bits per heavy atom. The molecular formula is C21H22N2O4. The van der Waals surface area contributed by atoms with Crippen LogP contribution in [0.25, 0.3) is 0 Å². The number of hydrogen-bond donors (Lipinski definition) is 1. The highest BCUT2D eigenvalue weighted by Gasteiger charge is 2.35. The number of anilines is 1. The van der Waals surface area contributed by atoms with E-state index < -0.39 is 0 Å². The maximum atomic E-state index is 12.6. The van der Waals surface area contributed by atoms with Crippen LogP contribution < -0.4 is 5.32 Å². The second-order valence-corrected chi connectivity index (χ2v) is 6.46. The third-order valence-electron chi connectivity index (χ3n) is 4.46. The van der Waals surface area contributed by atoms with Crippen molar-refractivity contribution in [3.8, 4) is 0 Å². The van der Waals surface area contributed by atoms with Crippen molar-refractivity contribution in [1.82, 2.24) is 4.90 Å². The van der Waals surface area contributed by atoms with Crippen LogP contribution in [0.5, 0.6) is 0 Å². The number of benzene rings is 2. The van der Waals surface area contributed by atoms with Crippen molar-refractivity contribution in [2.45, 2.75) is 26.4 Å². The van der Waals surface area contributed by atoms with E-state index in [1.807, 2.05) is 25.1 Å². The summed E-state index contributed by atoms with van der Waals surface area (Å²) in [6, 6.07) is 12.0. The summed E-state index contributed by atoms with van der Waals surface area (Å²) in [5.74, 6) is -0.956. The smallest absolute Gasteiger partial charge is 0.261 e. The molecule has 27 heavy (non-hydrogen) atoms. The van der Waals surface area contributed by atoms with Crippen molar-refractivity contribution in [3.05, 3.63) is 64.7 Å². The molecule has 3 amide bonds. The summed E-state index contributed by atoms with van der Waals surface area (Å²) in [5, 5.41) is 2.82. The average Bonchev–Trinajstić information content (AvgIpc) is 2.90. The highest BCUT2D eigenvalue weighted by atomic mass is 16.5. The number of ether oxygens (including phenoxy) is 1. The Labute approximate surface area is 158 Å². The lowest BCUT2D eigenvalue weighted by atomic mass is 10.1. The van der Waals surface area contributed by atoms with Gasteiger partial charge < -0.3 is 10.1 Å². The summed E-state index contributed by atoms with van der Waals surface area (Å²) in [5.41, 5.74) is 2.56. The molecule has 6 nitrogen and oxygen atoms in total. The standard InChI is InChI=1S/C21H22N2O4/c1-3-4-10-23-20(25)17-9-8-15(12-18(17)21(23)26)19(24)22-16-7-5-6-14(11-16)13-27-2/h5-9,11-12H,3-4,10,13H2,1-2H3,(H,22,24). The van der Waals surface area contributed by atoms with Gasteiger partial charge in [0, 0.05) is 24.9 Å². The normalized spacial score (nSPS) is 13.0. The second-order valence-electron chi connectivity index (χ2n) is 6.46. The van der Waals surface area contributed by atoms with Gasteiger partial charge in [-0.25, -0.2) is 0 Å². The van der Waals surface area contributed by atoms with Crippen molar-refractivity contribution in [2.24, 2.45) is 0 Å². The predicted molar refractivity (Wildman–Crippen MR) is 102 cm³/mol. The molecule has 0 atom stereocenters. The SMILES string of the molecule is CCCCN1C(=O)c2ccc(C(=O)Nc3cccc(COC)c3)cc2C1=O. The van der Waals surface area contributed by atoms with Crippen molar-refractivity contribution < 1.29 is 19.1 Å². The van der Waals surface area contributed by atoms with Crippen LogP contribution in [-0.2, 0) is 11.3 Å². The van der Waals surface area contributed by atoms with Gasteiger partial charge in [0.25, 0.3) is 17.7 Å². The molecule has 1 heterocycles. The molecule has 0 spiro atoms. The van der Waals surface area contributed by atoms with Crippen LogP contribution in [-0.4, -0.2) is 36.3 Å². The molecule has 6 heteroatoms. The van der Waals surface area contributed by atoms with Crippen molar-refractivity contribution in [1.29, 1.82) is 0 Å². The fourth-order valence-corrected chi connectivity index (χ4v) is 3.06. The Morgan fingerprint density at radius 2 is 1.85 bits per heavy atom. The highest BCUT2D eigenvalue weighted by Crippen LogP contribution is 2.25. The number of unbranched alkanes of at least 4 members (excludes halogenated alkanes) is 1. The summed E-state index contributed by atoms with van der Waals surface area (Å²) in [4.78, 5) is 38.7. The number of fused-ring (bicyclic) bond motifs is 1. The van der Waals surface area contributed by atoms with E-state index in [4.69, 9.17) is 4.74 Å². The Morgan fingerprint density at radius 1 is 1.07 bits per heavy atom. The Hall–Kier alpha value is -2.99. The van der Waals surface area contributed by atoms with Crippen molar-refractivity contribution in [3.63, 3.8) is 0 Å². The predicted octanol–water partition coefficient (Wildman–Crippen LogP) is 3.48. The van der Waals surface area contributed by atoms with E-state index >= 15 is 0 Å². The van der Waals surface area contributed by atoms with E-state index in [2.05, 4.69) is 5.32 Å². The minimum absolute atomic E-state index is 0.289. The van der Waals surface area contributed by atoms with Gasteiger partial charge in [-0.3, -0.25) is 19.3 Å². The zero-order valence-corrected chi connectivity index (χ0v) is 15.5. The monoisotopic (exact) mass is 366 g/mol. The molecule has 1 N–H and O–H groups in total. The molecule has 140 valence electrons. The molecule has 0 saturated carbocycles. The number of methoxy groups -OCH3 is 1. The first-order valence-corrected chi connectivity index (χ1v) is 8.94. The van der Waals surface area contributed by atoms with Gasteiger partial charge in [-0.15, -0.1) is 0 Å². The first kappa shape index (κ1) is 18.8. The van der Waals surface area contributed by atoms with Gasteiger partial charge in [0.1, 0.15) is 0 Å². The van der Waals surface area contributed by atoms with Crippen LogP contribution in [0.4, 0.5) is 5.69 Å². The molecule has 0 bridgehead atoms. The topological polar surface area (TPSA) is 75.7 Å². The van der Waals surface area contributed by atoms with Gasteiger partial charge in [-0.2, -0.15) is 0 Å². The fourth-order valence-electron chi connectivity index (χ4n) is 3.06. The molecule has 2 aromatic carbocycles. The number of nitrogens with zero attached hydrogens (tertiary/aromatic N) is 1. The zero-order chi connectivity index (χ0) is 19.4. The van der Waals surface area contributed by atoms with E-state index in [1.165, 1.54) is 11.0 Å². The summed E-state index contributed by atoms with van der Waals surface area (Å²) < 4.78 is 5.10. The lowest BCUT2D eigenvalue weighted by molar-refractivity contribution is 0.0652. The van der Waals surface area contributed by atoms with Crippen LogP contribution in [0.15, 0.2) is 42.5 Å². The number of carbonyl (C=O) groups is 3. The molecule has 3 rings (SSSR count). The Bertz CT molecular complexity index is 892. The largest absolute Gasteiger partial charge is 0.380 e. The van der Waals surface area contributed by atoms with E-state index in [0.29, 0.717) is 30.0 Å². The third kappa shape index (κ3) is 3.90. The van der Waals surface area contributed by atoms with E-state index in [1.54, 1.807) is 25.3 Å². The van der Waals surface area contributed by atoms with Gasteiger partial charge in [0.05, 0.1) is 17.7 Å². The van der Waals surface area contributed by atoms with Crippen LogP contribution in [0.1, 0.15) is 56.4 Å². The molecule has 0 aliphatic carbocycles. The lowest BCUT2D eigenvalue weighted by Crippen LogP contribution is -2.30. The van der Waals surface area contributed by atoms with Crippen molar-refractivity contribution in [2.75, 3.05) is 19.0 Å². The molecule has 0 saturated heterocycles. The second kappa shape index (κ2) is 8.14. The van der Waals surface area contributed by atoms with E-state index in [0.717, 1.165) is 18.4 Å². The summed E-state index contributed by atoms with van der Waals surface area (Å²) in [6.45, 7) is 2.85. The Balaban J connectivity index is 1.79. The van der Waals surface area contributed by atoms with E-state index in [9.17, 15) is 14.4 Å². The quantitative estimate of drug-likeness (QED) is 0.761. The molecule has 0 radical (unpaired) electrons. The molecule has 2 aromatic rings. The molecule has 0 aromatic heterocycles. The van der Waals surface area contributed by atoms with Gasteiger partial charge in [0.2, 0.25) is 0 Å². The molecule has 0 fully saturated rings.